The number of benzene rings is 1. The number of nitriles is 1. The molecule has 0 fully saturated rings. The summed E-state index contributed by atoms with van der Waals surface area (Å²) in [5.41, 5.74) is 1.19. The summed E-state index contributed by atoms with van der Waals surface area (Å²) in [6.45, 7) is 0. The van der Waals surface area contributed by atoms with E-state index in [0.717, 1.165) is 5.56 Å². The number of carbonyl (C=O) groups excluding carboxylic acids is 1. The third kappa shape index (κ3) is 1.82. The van der Waals surface area contributed by atoms with Crippen LogP contribution in [0.4, 0.5) is 0 Å². The second-order valence-corrected chi connectivity index (χ2v) is 2.28. The Morgan fingerprint density at radius 1 is 1.33 bits per heavy atom. The number of hydrogen-bond donors (Lipinski definition) is 0. The van der Waals surface area contributed by atoms with Crippen LogP contribution in [0.1, 0.15) is 12.0 Å². The van der Waals surface area contributed by atoms with Crippen LogP contribution >= 0.6 is 0 Å². The standard InChI is InChI=1S/C10H7NO/c11-7-6-10(8-12)9-4-2-1-3-5-9/h1-5H,6H2. The molecule has 1 aromatic rings. The van der Waals surface area contributed by atoms with E-state index in [0.29, 0.717) is 5.57 Å². The highest BCUT2D eigenvalue weighted by molar-refractivity contribution is 5.88. The molecule has 0 amide bonds. The van der Waals surface area contributed by atoms with Gasteiger partial charge in [0, 0.05) is 0 Å². The first kappa shape index (κ1) is 8.26. The molecule has 0 saturated heterocycles. The quantitative estimate of drug-likeness (QED) is 0.614. The van der Waals surface area contributed by atoms with Gasteiger partial charge >= 0.3 is 0 Å². The first-order chi connectivity index (χ1) is 5.88. The zero-order chi connectivity index (χ0) is 8.81. The van der Waals surface area contributed by atoms with Crippen LogP contribution in [0.5, 0.6) is 0 Å². The van der Waals surface area contributed by atoms with Crippen molar-refractivity contribution in [1.29, 1.82) is 5.26 Å². The number of rotatable bonds is 2. The van der Waals surface area contributed by atoms with Gasteiger partial charge in [0.1, 0.15) is 5.94 Å². The molecule has 1 rings (SSSR count). The third-order valence-electron chi connectivity index (χ3n) is 1.50. The van der Waals surface area contributed by atoms with E-state index in [9.17, 15) is 4.79 Å². The van der Waals surface area contributed by atoms with Gasteiger partial charge in [0.15, 0.2) is 0 Å². The fourth-order valence-electron chi connectivity index (χ4n) is 0.915. The van der Waals surface area contributed by atoms with Crippen molar-refractivity contribution in [3.8, 4) is 6.07 Å². The van der Waals surface area contributed by atoms with Crippen LogP contribution in [0.25, 0.3) is 5.57 Å². The van der Waals surface area contributed by atoms with Gasteiger partial charge in [0.25, 0.3) is 0 Å². The Kier molecular flexibility index (Phi) is 2.84. The Labute approximate surface area is 70.8 Å². The summed E-state index contributed by atoms with van der Waals surface area (Å²) >= 11 is 0. The minimum atomic E-state index is 0.119. The number of hydrogen-bond acceptors (Lipinski definition) is 2. The summed E-state index contributed by atoms with van der Waals surface area (Å²) in [7, 11) is 0. The van der Waals surface area contributed by atoms with Gasteiger partial charge < -0.3 is 0 Å². The molecule has 0 aliphatic rings. The molecular weight excluding hydrogens is 150 g/mol. The average Bonchev–Trinajstić information content (AvgIpc) is 2.15. The average molecular weight is 157 g/mol. The summed E-state index contributed by atoms with van der Waals surface area (Å²) in [6, 6.07) is 11.0. The van der Waals surface area contributed by atoms with Gasteiger partial charge in [-0.1, -0.05) is 30.3 Å². The first-order valence-electron chi connectivity index (χ1n) is 3.55. The molecular formula is C10H7NO. The molecule has 2 heteroatoms. The third-order valence-corrected chi connectivity index (χ3v) is 1.50. The fraction of sp³-hybridized carbons (Fsp3) is 0.100. The maximum Gasteiger partial charge on any atom is 0.129 e. The van der Waals surface area contributed by atoms with Gasteiger partial charge in [-0.05, 0) is 5.56 Å². The Morgan fingerprint density at radius 2 is 2.00 bits per heavy atom. The van der Waals surface area contributed by atoms with E-state index in [1.165, 1.54) is 0 Å². The summed E-state index contributed by atoms with van der Waals surface area (Å²) in [6.07, 6.45) is 0.119. The molecule has 0 aromatic heterocycles. The van der Waals surface area contributed by atoms with Crippen LogP contribution in [0.2, 0.25) is 0 Å². The Hall–Kier alpha value is -1.84. The van der Waals surface area contributed by atoms with Gasteiger partial charge in [-0.15, -0.1) is 0 Å². The predicted octanol–water partition coefficient (Wildman–Crippen LogP) is 1.82. The second-order valence-electron chi connectivity index (χ2n) is 2.28. The van der Waals surface area contributed by atoms with E-state index in [1.807, 2.05) is 24.3 Å². The fourth-order valence-corrected chi connectivity index (χ4v) is 0.915. The largest absolute Gasteiger partial charge is 0.233 e. The molecule has 0 saturated carbocycles. The van der Waals surface area contributed by atoms with Crippen molar-refractivity contribution in [2.45, 2.75) is 6.42 Å². The van der Waals surface area contributed by atoms with Gasteiger partial charge in [0.2, 0.25) is 0 Å². The topological polar surface area (TPSA) is 40.9 Å². The van der Waals surface area contributed by atoms with Gasteiger partial charge in [-0.3, -0.25) is 0 Å². The van der Waals surface area contributed by atoms with Crippen molar-refractivity contribution < 1.29 is 4.79 Å². The Bertz CT molecular complexity index is 342. The summed E-state index contributed by atoms with van der Waals surface area (Å²) in [5.74, 6) is 1.76. The Balaban J connectivity index is 2.99. The number of nitrogens with zero attached hydrogens (tertiary/aromatic N) is 1. The molecule has 0 atom stereocenters. The van der Waals surface area contributed by atoms with Crippen LogP contribution in [0.15, 0.2) is 30.3 Å². The first-order valence-corrected chi connectivity index (χ1v) is 3.55. The molecule has 2 nitrogen and oxygen atoms in total. The maximum atomic E-state index is 10.4. The molecule has 12 heavy (non-hydrogen) atoms. The highest BCUT2D eigenvalue weighted by atomic mass is 16.1. The molecule has 58 valence electrons. The van der Waals surface area contributed by atoms with Crippen molar-refractivity contribution in [3.05, 3.63) is 35.9 Å². The minimum absolute atomic E-state index is 0.119. The van der Waals surface area contributed by atoms with Crippen LogP contribution in [-0.2, 0) is 4.79 Å². The second kappa shape index (κ2) is 4.12. The van der Waals surface area contributed by atoms with E-state index >= 15 is 0 Å². The lowest BCUT2D eigenvalue weighted by atomic mass is 10.1. The van der Waals surface area contributed by atoms with E-state index < -0.39 is 0 Å². The predicted molar refractivity (Wildman–Crippen MR) is 45.8 cm³/mol. The smallest absolute Gasteiger partial charge is 0.129 e. The van der Waals surface area contributed by atoms with Crippen LogP contribution in [0.3, 0.4) is 0 Å². The maximum absolute atomic E-state index is 10.4. The molecule has 0 spiro atoms. The molecule has 0 heterocycles. The van der Waals surface area contributed by atoms with Crippen LogP contribution in [0, 0.1) is 11.3 Å². The minimum Gasteiger partial charge on any atom is -0.233 e. The van der Waals surface area contributed by atoms with Gasteiger partial charge in [-0.25, -0.2) is 4.79 Å². The van der Waals surface area contributed by atoms with Crippen LogP contribution in [-0.4, -0.2) is 5.94 Å². The highest BCUT2D eigenvalue weighted by Gasteiger charge is 1.99. The normalized spacial score (nSPS) is 8.25. The summed E-state index contributed by atoms with van der Waals surface area (Å²) in [5, 5.41) is 8.38. The zero-order valence-electron chi connectivity index (χ0n) is 6.45. The van der Waals surface area contributed by atoms with E-state index in [4.69, 9.17) is 5.26 Å². The highest BCUT2D eigenvalue weighted by Crippen LogP contribution is 2.13. The monoisotopic (exact) mass is 157 g/mol. The SMILES string of the molecule is N#CCC(=C=O)c1ccccc1. The van der Waals surface area contributed by atoms with Crippen molar-refractivity contribution in [3.63, 3.8) is 0 Å². The van der Waals surface area contributed by atoms with E-state index in [1.54, 1.807) is 18.1 Å². The molecule has 0 aliphatic heterocycles. The molecule has 0 radical (unpaired) electrons. The van der Waals surface area contributed by atoms with Crippen molar-refractivity contribution in [1.82, 2.24) is 0 Å². The molecule has 1 aromatic carbocycles. The lowest BCUT2D eigenvalue weighted by Gasteiger charge is -1.95. The molecule has 0 aliphatic carbocycles. The number of allylic oxidation sites excluding steroid dienone is 1. The van der Waals surface area contributed by atoms with Crippen LogP contribution < -0.4 is 0 Å². The molecule has 0 N–H and O–H groups in total. The van der Waals surface area contributed by atoms with Gasteiger partial charge in [0.05, 0.1) is 18.1 Å². The molecule has 0 unspecified atom stereocenters. The van der Waals surface area contributed by atoms with Gasteiger partial charge in [-0.2, -0.15) is 5.26 Å². The van der Waals surface area contributed by atoms with Crippen molar-refractivity contribution in [2.75, 3.05) is 0 Å². The zero-order valence-corrected chi connectivity index (χ0v) is 6.45. The Morgan fingerprint density at radius 3 is 2.50 bits per heavy atom. The summed E-state index contributed by atoms with van der Waals surface area (Å²) in [4.78, 5) is 10.4. The van der Waals surface area contributed by atoms with Crippen molar-refractivity contribution >= 4 is 11.5 Å². The van der Waals surface area contributed by atoms with Crippen molar-refractivity contribution in [2.24, 2.45) is 0 Å². The lowest BCUT2D eigenvalue weighted by Crippen LogP contribution is -1.82. The lowest BCUT2D eigenvalue weighted by molar-refractivity contribution is 0.569. The van der Waals surface area contributed by atoms with E-state index in [-0.39, 0.29) is 6.42 Å². The molecule has 0 bridgehead atoms. The van der Waals surface area contributed by atoms with E-state index in [2.05, 4.69) is 0 Å². The summed E-state index contributed by atoms with van der Waals surface area (Å²) < 4.78 is 0.